The zero-order valence-corrected chi connectivity index (χ0v) is 47.6. The van der Waals surface area contributed by atoms with Crippen LogP contribution in [-0.2, 0) is 52.2 Å². The van der Waals surface area contributed by atoms with Crippen molar-refractivity contribution >= 4 is 23.4 Å². The molecule has 7 saturated heterocycles. The third-order valence-electron chi connectivity index (χ3n) is 17.9. The first-order valence-electron chi connectivity index (χ1n) is 28.7. The average Bonchev–Trinajstić information content (AvgIpc) is 3.81. The van der Waals surface area contributed by atoms with Crippen molar-refractivity contribution in [1.82, 2.24) is 0 Å². The smallest absolute Gasteiger partial charge is 0.308 e. The lowest BCUT2D eigenvalue weighted by atomic mass is 9.78. The Labute approximate surface area is 469 Å². The number of ether oxygens (including phenoxy) is 9. The van der Waals surface area contributed by atoms with Gasteiger partial charge in [0.25, 0.3) is 0 Å². The molecule has 19 nitrogen and oxygen atoms in total. The largest absolute Gasteiger partial charge is 0.459 e. The fourth-order valence-electron chi connectivity index (χ4n) is 13.9. The van der Waals surface area contributed by atoms with Crippen molar-refractivity contribution in [3.63, 3.8) is 0 Å². The highest BCUT2D eigenvalue weighted by molar-refractivity contribution is 6.30. The number of Topliss-reactive ketones (excluding diaryl/α,β-unsaturated/α-hetero) is 1. The van der Waals surface area contributed by atoms with Crippen LogP contribution in [0.3, 0.4) is 0 Å². The standard InChI is InChI=1S/C59H89ClO19/c1-31(16-38(61)15-14-32(2)60)17-49-51(67)53-36(6)54(73-49)55(68)59(70)28-47(65)34(4)48(79-59)13-11-9-10-12-41-19-39(62)24-57(75-41)27-44(71-8)21-43(76-57)22-46(64)35(5)52-33(3)37(29-72-52)18-45-26-56(7,69)30-58(78-45)25-40(63)20-42(77-58)23-50(66)74-53/h10,12,14-15,18,33-36,38-45,47-49,51-55,61-63,65,67-70H,1-2,9,11,13,16-17,19-30H2,3-8H3/b12-10?,15-14+,37-18?/t33?,34-,35-,36?,38-,39+,40+,41+,42-,43+,44+,45+,47+,48-,49-,51-,52+,53-,54-,55+,56+,57-,58-,59-/m1/s1. The van der Waals surface area contributed by atoms with Crippen molar-refractivity contribution in [2.24, 2.45) is 23.7 Å². The number of fused-ring (bicyclic) bond motifs is 10. The number of carbonyl (C=O) groups excluding carboxylic acids is 2. The number of halogens is 1. The summed E-state index contributed by atoms with van der Waals surface area (Å²) in [6, 6.07) is 0. The van der Waals surface area contributed by atoms with Gasteiger partial charge in [-0.05, 0) is 50.7 Å². The second kappa shape index (κ2) is 25.8. The van der Waals surface area contributed by atoms with Crippen LogP contribution >= 0.6 is 11.6 Å². The summed E-state index contributed by atoms with van der Waals surface area (Å²) in [7, 11) is 1.61. The molecular weight excluding hydrogens is 1050 g/mol. The maximum Gasteiger partial charge on any atom is 0.308 e. The fourth-order valence-corrected chi connectivity index (χ4v) is 14.0. The molecule has 0 amide bonds. The van der Waals surface area contributed by atoms with E-state index in [-0.39, 0.29) is 87.2 Å². The van der Waals surface area contributed by atoms with Crippen molar-refractivity contribution in [2.75, 3.05) is 13.7 Å². The summed E-state index contributed by atoms with van der Waals surface area (Å²) in [4.78, 5) is 28.4. The van der Waals surface area contributed by atoms with Crippen molar-refractivity contribution in [2.45, 2.75) is 258 Å². The Bertz CT molecular complexity index is 2240. The van der Waals surface area contributed by atoms with Crippen LogP contribution in [0.15, 0.2) is 59.7 Å². The number of ketones is 1. The summed E-state index contributed by atoms with van der Waals surface area (Å²) in [5.41, 5.74) is -0.0333. The molecule has 8 heterocycles. The van der Waals surface area contributed by atoms with Gasteiger partial charge in [0.15, 0.2) is 17.4 Å². The molecular formula is C59H89ClO19. The lowest BCUT2D eigenvalue weighted by Crippen LogP contribution is -2.65. The quantitative estimate of drug-likeness (QED) is 0.0967. The lowest BCUT2D eigenvalue weighted by molar-refractivity contribution is -0.350. The number of hydrogen-bond donors (Lipinski definition) is 8. The fraction of sp³-hybridized carbons (Fsp3) is 0.797. The third kappa shape index (κ3) is 15.3. The second-order valence-corrected chi connectivity index (χ2v) is 25.3. The lowest BCUT2D eigenvalue weighted by Gasteiger charge is -2.51. The van der Waals surface area contributed by atoms with Crippen LogP contribution in [0.5, 0.6) is 0 Å². The summed E-state index contributed by atoms with van der Waals surface area (Å²) in [5.74, 6) is -8.17. The Kier molecular flexibility index (Phi) is 20.4. The van der Waals surface area contributed by atoms with E-state index in [1.807, 2.05) is 32.1 Å². The first-order valence-corrected chi connectivity index (χ1v) is 29.1. The van der Waals surface area contributed by atoms with E-state index in [0.717, 1.165) is 5.57 Å². The van der Waals surface area contributed by atoms with Crippen LogP contribution < -0.4 is 0 Å². The number of rotatable bonds is 7. The Hall–Kier alpha value is -2.51. The molecule has 7 fully saturated rings. The highest BCUT2D eigenvalue weighted by atomic mass is 35.5. The van der Waals surface area contributed by atoms with Gasteiger partial charge in [0.2, 0.25) is 0 Å². The molecule has 2 unspecified atom stereocenters. The van der Waals surface area contributed by atoms with Crippen LogP contribution in [-0.4, -0.2) is 187 Å². The van der Waals surface area contributed by atoms with E-state index in [1.54, 1.807) is 27.9 Å². The van der Waals surface area contributed by atoms with Gasteiger partial charge in [0, 0.05) is 100 Å². The van der Waals surface area contributed by atoms with E-state index in [4.69, 9.17) is 54.2 Å². The number of allylic oxidation sites excluding steroid dienone is 3. The molecule has 446 valence electrons. The van der Waals surface area contributed by atoms with Gasteiger partial charge in [-0.3, -0.25) is 9.59 Å². The molecule has 0 aromatic rings. The topological polar surface area (TPSA) is 279 Å². The number of carbonyl (C=O) groups is 2. The number of esters is 1. The molecule has 24 atom stereocenters. The van der Waals surface area contributed by atoms with Crippen molar-refractivity contribution in [3.05, 3.63) is 59.7 Å². The summed E-state index contributed by atoms with van der Waals surface area (Å²) in [5, 5.41) is 93.4. The molecule has 12 bridgehead atoms. The van der Waals surface area contributed by atoms with Gasteiger partial charge in [-0.25, -0.2) is 0 Å². The first-order chi connectivity index (χ1) is 37.2. The SMILES string of the molecule is C=C(Cl)/C=C/[C@@H](O)CC(=C)C[C@H]1O[C@@H]2C(C)[C@@H](OC(=O)C[C@H]3C[C@H](O)C[C@@]4(C[C@@](C)(O)C[C@H](C=C5CO[C@@H](C5C)[C@H](C)C(=O)C[C@@H]5C[C@H](OC)C[C@@]6(C[C@@H](O)C[C@H](C=CCCC[C@H]7O[C@](O)(C[C@H](O)[C@H]7C)[C@H]2O)O6)O5)O4)O3)[C@@H]1O. The number of hydrogen-bond acceptors (Lipinski definition) is 19. The normalized spacial score (nSPS) is 47.2. The van der Waals surface area contributed by atoms with Crippen molar-refractivity contribution in [1.29, 1.82) is 0 Å². The molecule has 0 aliphatic carbocycles. The predicted octanol–water partition coefficient (Wildman–Crippen LogP) is 4.79. The minimum absolute atomic E-state index is 0.00429. The zero-order valence-electron chi connectivity index (χ0n) is 46.8. The van der Waals surface area contributed by atoms with E-state index in [1.165, 1.54) is 12.2 Å². The maximum absolute atomic E-state index is 14.2. The van der Waals surface area contributed by atoms with Crippen LogP contribution in [0.25, 0.3) is 0 Å². The molecule has 2 spiro atoms. The van der Waals surface area contributed by atoms with Gasteiger partial charge in [-0.1, -0.05) is 82.3 Å². The Morgan fingerprint density at radius 3 is 2.27 bits per heavy atom. The molecule has 20 heteroatoms. The number of aliphatic hydroxyl groups is 8. The van der Waals surface area contributed by atoms with Crippen LogP contribution in [0, 0.1) is 23.7 Å². The zero-order chi connectivity index (χ0) is 57.4. The molecule has 0 radical (unpaired) electrons. The van der Waals surface area contributed by atoms with Crippen LogP contribution in [0.2, 0.25) is 0 Å². The van der Waals surface area contributed by atoms with E-state index >= 15 is 0 Å². The van der Waals surface area contributed by atoms with Gasteiger partial charge in [-0.2, -0.15) is 0 Å². The van der Waals surface area contributed by atoms with Gasteiger partial charge >= 0.3 is 5.97 Å². The molecule has 8 rings (SSSR count). The summed E-state index contributed by atoms with van der Waals surface area (Å²) >= 11 is 5.88. The monoisotopic (exact) mass is 1140 g/mol. The van der Waals surface area contributed by atoms with Crippen LogP contribution in [0.4, 0.5) is 0 Å². The molecule has 0 aromatic carbocycles. The van der Waals surface area contributed by atoms with Gasteiger partial charge < -0.3 is 83.5 Å². The average molecular weight is 1140 g/mol. The predicted molar refractivity (Wildman–Crippen MR) is 287 cm³/mol. The number of aliphatic hydroxyl groups excluding tert-OH is 6. The summed E-state index contributed by atoms with van der Waals surface area (Å²) in [6.45, 7) is 16.8. The minimum Gasteiger partial charge on any atom is -0.459 e. The van der Waals surface area contributed by atoms with E-state index < -0.39 is 145 Å². The number of methoxy groups -OCH3 is 1. The Balaban J connectivity index is 1.08. The van der Waals surface area contributed by atoms with Gasteiger partial charge in [0.1, 0.15) is 24.1 Å². The van der Waals surface area contributed by atoms with E-state index in [0.29, 0.717) is 44.1 Å². The minimum atomic E-state index is -2.37. The van der Waals surface area contributed by atoms with E-state index in [9.17, 15) is 50.4 Å². The van der Waals surface area contributed by atoms with E-state index in [2.05, 4.69) is 13.2 Å². The molecule has 8 aliphatic rings. The maximum atomic E-state index is 14.2. The van der Waals surface area contributed by atoms with Gasteiger partial charge in [-0.15, -0.1) is 0 Å². The Morgan fingerprint density at radius 1 is 0.835 bits per heavy atom. The van der Waals surface area contributed by atoms with Crippen LogP contribution in [0.1, 0.15) is 137 Å². The summed E-state index contributed by atoms with van der Waals surface area (Å²) < 4.78 is 57.8. The van der Waals surface area contributed by atoms with Crippen molar-refractivity contribution in [3.8, 4) is 0 Å². The second-order valence-electron chi connectivity index (χ2n) is 24.9. The molecule has 0 aromatic heterocycles. The highest BCUT2D eigenvalue weighted by Gasteiger charge is 2.58. The summed E-state index contributed by atoms with van der Waals surface area (Å²) in [6.07, 6.45) is -4.63. The molecule has 79 heavy (non-hydrogen) atoms. The first kappa shape index (κ1) is 62.5. The molecule has 8 N–H and O–H groups in total. The van der Waals surface area contributed by atoms with Crippen molar-refractivity contribution < 1.29 is 93.1 Å². The Morgan fingerprint density at radius 2 is 1.53 bits per heavy atom. The highest BCUT2D eigenvalue weighted by Crippen LogP contribution is 2.47. The van der Waals surface area contributed by atoms with Gasteiger partial charge in [0.05, 0.1) is 98.0 Å². The third-order valence-corrected chi connectivity index (χ3v) is 18.1. The molecule has 8 aliphatic heterocycles. The molecule has 0 saturated carbocycles.